The van der Waals surface area contributed by atoms with Gasteiger partial charge in [-0.05, 0) is 43.5 Å². The van der Waals surface area contributed by atoms with Crippen LogP contribution in [0.3, 0.4) is 0 Å². The lowest BCUT2D eigenvalue weighted by molar-refractivity contribution is -0.139. The Morgan fingerprint density at radius 2 is 2.14 bits per heavy atom. The van der Waals surface area contributed by atoms with Gasteiger partial charge in [0.05, 0.1) is 38.2 Å². The van der Waals surface area contributed by atoms with Crippen molar-refractivity contribution in [2.24, 2.45) is 11.8 Å². The second-order valence-corrected chi connectivity index (χ2v) is 8.10. The monoisotopic (exact) mass is 418 g/mol. The fraction of sp³-hybridized carbons (Fsp3) is 0.500. The van der Waals surface area contributed by atoms with Gasteiger partial charge in [-0.3, -0.25) is 4.90 Å². The highest BCUT2D eigenvalue weighted by molar-refractivity contribution is 5.89. The van der Waals surface area contributed by atoms with Gasteiger partial charge < -0.3 is 19.2 Å². The Balaban J connectivity index is 0.00000205. The van der Waals surface area contributed by atoms with Crippen LogP contribution in [-0.2, 0) is 20.7 Å². The molecule has 29 heavy (non-hydrogen) atoms. The molecule has 7 heteroatoms. The summed E-state index contributed by atoms with van der Waals surface area (Å²) in [5, 5.41) is 1.25. The fourth-order valence-corrected chi connectivity index (χ4v) is 5.34. The van der Waals surface area contributed by atoms with E-state index in [-0.39, 0.29) is 36.4 Å². The molecule has 2 aromatic rings. The largest absolute Gasteiger partial charge is 0.497 e. The van der Waals surface area contributed by atoms with Gasteiger partial charge in [0.2, 0.25) is 0 Å². The van der Waals surface area contributed by atoms with Crippen molar-refractivity contribution in [3.8, 4) is 5.75 Å². The van der Waals surface area contributed by atoms with E-state index < -0.39 is 0 Å². The van der Waals surface area contributed by atoms with Crippen molar-refractivity contribution >= 4 is 29.3 Å². The van der Waals surface area contributed by atoms with E-state index >= 15 is 0 Å². The summed E-state index contributed by atoms with van der Waals surface area (Å²) in [5.74, 6) is 1.08. The number of aromatic amines is 1. The van der Waals surface area contributed by atoms with E-state index in [2.05, 4.69) is 28.9 Å². The molecule has 0 amide bonds. The zero-order valence-electron chi connectivity index (χ0n) is 16.9. The molecule has 0 unspecified atom stereocenters. The lowest BCUT2D eigenvalue weighted by atomic mass is 9.72. The molecule has 5 rings (SSSR count). The lowest BCUT2D eigenvalue weighted by Gasteiger charge is -2.49. The molecule has 4 heterocycles. The van der Waals surface area contributed by atoms with E-state index in [9.17, 15) is 4.79 Å². The standard InChI is InChI=1S/C22H26N2O4.ClH/c1-12-17-10-24-7-6-14-16-8-13(26-2)4-5-19(16)23-21(14)20(24)9-15(17)18(11-28-12)22(25)27-3;/h4-5,8,11-12,15,17,20,23H,6-7,9-10H2,1-3H3;1H/t12-,15-,17-,20-;/m0./s1. The van der Waals surface area contributed by atoms with Crippen LogP contribution in [-0.4, -0.2) is 49.3 Å². The first-order valence-electron chi connectivity index (χ1n) is 9.97. The highest BCUT2D eigenvalue weighted by Gasteiger charge is 2.46. The molecule has 1 aromatic heterocycles. The maximum Gasteiger partial charge on any atom is 0.337 e. The maximum atomic E-state index is 12.3. The molecule has 1 N–H and O–H groups in total. The average molecular weight is 419 g/mol. The SMILES string of the molecule is COC(=O)C1=CO[C@@H](C)[C@@H]2CN3CCc4c([nH]c5ccc(OC)cc45)[C@@H]3C[C@H]12.Cl. The second-order valence-electron chi connectivity index (χ2n) is 8.10. The number of fused-ring (bicyclic) bond motifs is 6. The number of methoxy groups -OCH3 is 2. The molecule has 0 saturated carbocycles. The Morgan fingerprint density at radius 1 is 1.31 bits per heavy atom. The number of ether oxygens (including phenoxy) is 3. The molecule has 156 valence electrons. The molecule has 1 aromatic carbocycles. The zero-order valence-corrected chi connectivity index (χ0v) is 17.8. The fourth-order valence-electron chi connectivity index (χ4n) is 5.34. The number of esters is 1. The molecule has 0 aliphatic carbocycles. The first-order chi connectivity index (χ1) is 13.6. The third kappa shape index (κ3) is 3.09. The van der Waals surface area contributed by atoms with E-state index in [1.165, 1.54) is 23.8 Å². The number of hydrogen-bond donors (Lipinski definition) is 1. The summed E-state index contributed by atoms with van der Waals surface area (Å²) in [6.07, 6.45) is 3.65. The quantitative estimate of drug-likeness (QED) is 0.755. The van der Waals surface area contributed by atoms with Crippen molar-refractivity contribution in [3.05, 3.63) is 41.3 Å². The van der Waals surface area contributed by atoms with Crippen molar-refractivity contribution in [1.29, 1.82) is 0 Å². The molecule has 1 fully saturated rings. The van der Waals surface area contributed by atoms with Gasteiger partial charge in [0.15, 0.2) is 0 Å². The van der Waals surface area contributed by atoms with Crippen LogP contribution in [0, 0.1) is 11.8 Å². The molecule has 4 atom stereocenters. The zero-order chi connectivity index (χ0) is 19.4. The predicted molar refractivity (Wildman–Crippen MR) is 112 cm³/mol. The molecule has 3 aliphatic heterocycles. The van der Waals surface area contributed by atoms with Crippen molar-refractivity contribution in [1.82, 2.24) is 9.88 Å². The number of piperidine rings is 1. The van der Waals surface area contributed by atoms with E-state index in [0.29, 0.717) is 11.5 Å². The van der Waals surface area contributed by atoms with Crippen LogP contribution in [0.25, 0.3) is 10.9 Å². The van der Waals surface area contributed by atoms with Crippen molar-refractivity contribution in [2.75, 3.05) is 27.3 Å². The highest BCUT2D eigenvalue weighted by Crippen LogP contribution is 2.47. The number of nitrogens with one attached hydrogen (secondary N) is 1. The van der Waals surface area contributed by atoms with E-state index in [1.807, 2.05) is 6.07 Å². The van der Waals surface area contributed by atoms with Gasteiger partial charge in [0.1, 0.15) is 5.75 Å². The minimum atomic E-state index is -0.271. The molecule has 1 saturated heterocycles. The number of hydrogen-bond acceptors (Lipinski definition) is 5. The van der Waals surface area contributed by atoms with Crippen LogP contribution in [0.5, 0.6) is 5.75 Å². The normalized spacial score (nSPS) is 28.2. The third-order valence-corrected chi connectivity index (χ3v) is 6.84. The molecule has 0 bridgehead atoms. The topological polar surface area (TPSA) is 63.8 Å². The first kappa shape index (κ1) is 20.1. The Bertz CT molecular complexity index is 969. The van der Waals surface area contributed by atoms with E-state index in [0.717, 1.165) is 37.2 Å². The second kappa shape index (κ2) is 7.58. The summed E-state index contributed by atoms with van der Waals surface area (Å²) in [7, 11) is 3.14. The number of H-pyrrole nitrogens is 1. The minimum absolute atomic E-state index is 0. The van der Waals surface area contributed by atoms with Gasteiger partial charge >= 0.3 is 5.97 Å². The van der Waals surface area contributed by atoms with Crippen LogP contribution >= 0.6 is 12.4 Å². The van der Waals surface area contributed by atoms with Crippen LogP contribution in [0.1, 0.15) is 30.6 Å². The molecule has 3 aliphatic rings. The molecular formula is C22H27ClN2O4. The smallest absolute Gasteiger partial charge is 0.337 e. The summed E-state index contributed by atoms with van der Waals surface area (Å²) >= 11 is 0. The molecule has 0 spiro atoms. The van der Waals surface area contributed by atoms with Crippen molar-refractivity contribution in [3.63, 3.8) is 0 Å². The predicted octanol–water partition coefficient (Wildman–Crippen LogP) is 3.61. The van der Waals surface area contributed by atoms with Gasteiger partial charge in [-0.2, -0.15) is 0 Å². The van der Waals surface area contributed by atoms with Crippen LogP contribution in [0.4, 0.5) is 0 Å². The Hall–Kier alpha value is -2.18. The van der Waals surface area contributed by atoms with Gasteiger partial charge in [-0.15, -0.1) is 12.4 Å². The van der Waals surface area contributed by atoms with E-state index in [4.69, 9.17) is 14.2 Å². The molecule has 6 nitrogen and oxygen atoms in total. The number of nitrogens with zero attached hydrogens (tertiary/aromatic N) is 1. The number of rotatable bonds is 2. The van der Waals surface area contributed by atoms with Crippen LogP contribution in [0.15, 0.2) is 30.0 Å². The number of carbonyl (C=O) groups excluding carboxylic acids is 1. The Kier molecular flexibility index (Phi) is 5.25. The van der Waals surface area contributed by atoms with E-state index in [1.54, 1.807) is 13.4 Å². The molecule has 0 radical (unpaired) electrons. The average Bonchev–Trinajstić information content (AvgIpc) is 3.10. The van der Waals surface area contributed by atoms with Crippen molar-refractivity contribution in [2.45, 2.75) is 31.9 Å². The summed E-state index contributed by atoms with van der Waals surface area (Å²) in [4.78, 5) is 18.6. The lowest BCUT2D eigenvalue weighted by Crippen LogP contribution is -2.51. The Labute approximate surface area is 176 Å². The summed E-state index contributed by atoms with van der Waals surface area (Å²) in [6.45, 7) is 4.06. The number of benzene rings is 1. The van der Waals surface area contributed by atoms with Gasteiger partial charge in [0.25, 0.3) is 0 Å². The molecular weight excluding hydrogens is 392 g/mol. The maximum absolute atomic E-state index is 12.3. The van der Waals surface area contributed by atoms with Crippen molar-refractivity contribution < 1.29 is 19.0 Å². The van der Waals surface area contributed by atoms with Crippen LogP contribution < -0.4 is 4.74 Å². The minimum Gasteiger partial charge on any atom is -0.497 e. The first-order valence-corrected chi connectivity index (χ1v) is 9.97. The number of aromatic nitrogens is 1. The third-order valence-electron chi connectivity index (χ3n) is 6.84. The summed E-state index contributed by atoms with van der Waals surface area (Å²) in [6, 6.07) is 6.50. The van der Waals surface area contributed by atoms with Gasteiger partial charge in [0, 0.05) is 41.5 Å². The van der Waals surface area contributed by atoms with Gasteiger partial charge in [-0.25, -0.2) is 4.79 Å². The Morgan fingerprint density at radius 3 is 2.90 bits per heavy atom. The number of halogens is 1. The highest BCUT2D eigenvalue weighted by atomic mass is 35.5. The summed E-state index contributed by atoms with van der Waals surface area (Å²) in [5.41, 5.74) is 4.50. The van der Waals surface area contributed by atoms with Gasteiger partial charge in [-0.1, -0.05) is 0 Å². The summed E-state index contributed by atoms with van der Waals surface area (Å²) < 4.78 is 16.3. The van der Waals surface area contributed by atoms with Crippen LogP contribution in [0.2, 0.25) is 0 Å². The number of carbonyl (C=O) groups is 1.